The van der Waals surface area contributed by atoms with E-state index >= 15 is 0 Å². The zero-order valence-electron chi connectivity index (χ0n) is 30.3. The van der Waals surface area contributed by atoms with Gasteiger partial charge in [-0.1, -0.05) is 115 Å². The summed E-state index contributed by atoms with van der Waals surface area (Å²) in [5, 5.41) is 15.7. The van der Waals surface area contributed by atoms with Gasteiger partial charge in [-0.3, -0.25) is 9.78 Å². The Kier molecular flexibility index (Phi) is 11.9. The third-order valence-corrected chi connectivity index (χ3v) is 10.6. The molecule has 0 saturated carbocycles. The number of nitrogens with zero attached hydrogens (tertiary/aromatic N) is 2. The van der Waals surface area contributed by atoms with Gasteiger partial charge in [-0.15, -0.1) is 18.2 Å². The molecule has 0 saturated heterocycles. The van der Waals surface area contributed by atoms with Crippen LogP contribution >= 0.6 is 0 Å². The number of hydrogen-bond donors (Lipinski definition) is 1. The van der Waals surface area contributed by atoms with Gasteiger partial charge >= 0.3 is 0 Å². The van der Waals surface area contributed by atoms with Gasteiger partial charge in [0.05, 0.1) is 11.1 Å². The molecule has 0 aliphatic rings. The van der Waals surface area contributed by atoms with Crippen LogP contribution in [-0.4, -0.2) is 20.9 Å². The van der Waals surface area contributed by atoms with Gasteiger partial charge < -0.3 is 9.52 Å². The first-order chi connectivity index (χ1) is 22.9. The van der Waals surface area contributed by atoms with E-state index in [-0.39, 0.29) is 48.4 Å². The van der Waals surface area contributed by atoms with Crippen molar-refractivity contribution < 1.29 is 34.4 Å². The van der Waals surface area contributed by atoms with E-state index in [0.29, 0.717) is 0 Å². The van der Waals surface area contributed by atoms with E-state index in [1.54, 1.807) is 0 Å². The van der Waals surface area contributed by atoms with Crippen LogP contribution in [-0.2, 0) is 24.9 Å². The SMILES string of the molecule is CCC(C)(CC)C(=O)/C=C(\O)C(C)(CC)CC.Cc1ccc2c(c1)oc1c(-c3nc(C(C)C)nc4c3ccc3ccccc34)[c-]ccc12.[Ir]. The zero-order chi connectivity index (χ0) is 34.8. The molecule has 1 N–H and O–H groups in total. The maximum Gasteiger partial charge on any atom is 0.164 e. The summed E-state index contributed by atoms with van der Waals surface area (Å²) in [5.41, 5.74) is 5.03. The van der Waals surface area contributed by atoms with E-state index < -0.39 is 0 Å². The van der Waals surface area contributed by atoms with Crippen molar-refractivity contribution in [1.82, 2.24) is 9.97 Å². The maximum atomic E-state index is 12.2. The molecule has 0 atom stereocenters. The number of aliphatic hydroxyl groups is 1. The van der Waals surface area contributed by atoms with Crippen LogP contribution in [0.15, 0.2) is 83.0 Å². The molecule has 4 aromatic carbocycles. The molecular weight excluding hydrogens is 785 g/mol. The van der Waals surface area contributed by atoms with Gasteiger partial charge in [-0.25, -0.2) is 4.98 Å². The standard InChI is InChI=1S/C28H21N2O.C15H28O2.Ir/c1-16(2)28-29-25-19-8-5-4-7-18(19)12-14-22(25)26(30-28)23-10-6-9-21-20-13-11-17(3)15-24(20)31-27(21)23;1-7-14(5,8-2)12(16)11-13(17)15(6,9-3)10-4;/h4-9,11-16H,1-3H3;11,16H,7-10H2,1-6H3;/q-1;;/b;12-11-;. The van der Waals surface area contributed by atoms with Crippen LogP contribution < -0.4 is 0 Å². The molecule has 2 heterocycles. The molecule has 5 nitrogen and oxygen atoms in total. The second-order valence-corrected chi connectivity index (χ2v) is 13.9. The number of benzene rings is 4. The van der Waals surface area contributed by atoms with Crippen LogP contribution in [0.4, 0.5) is 0 Å². The fraction of sp³-hybridized carbons (Fsp3) is 0.372. The van der Waals surface area contributed by atoms with Gasteiger partial charge in [-0.05, 0) is 55.0 Å². The number of furan rings is 1. The Hall–Kier alpha value is -3.86. The molecule has 49 heavy (non-hydrogen) atoms. The summed E-state index contributed by atoms with van der Waals surface area (Å²) in [5.74, 6) is 1.32. The second kappa shape index (κ2) is 15.4. The first-order valence-electron chi connectivity index (χ1n) is 17.4. The largest absolute Gasteiger partial charge is 0.512 e. The van der Waals surface area contributed by atoms with Gasteiger partial charge in [0.1, 0.15) is 17.2 Å². The van der Waals surface area contributed by atoms with Crippen LogP contribution in [0.25, 0.3) is 54.9 Å². The summed E-state index contributed by atoms with van der Waals surface area (Å²) in [6, 6.07) is 26.4. The van der Waals surface area contributed by atoms with Crippen molar-refractivity contribution in [2.75, 3.05) is 0 Å². The summed E-state index contributed by atoms with van der Waals surface area (Å²) >= 11 is 0. The predicted octanol–water partition coefficient (Wildman–Crippen LogP) is 12.2. The van der Waals surface area contributed by atoms with Gasteiger partial charge in [0.2, 0.25) is 0 Å². The fourth-order valence-electron chi connectivity index (χ4n) is 6.04. The van der Waals surface area contributed by atoms with E-state index in [9.17, 15) is 9.90 Å². The summed E-state index contributed by atoms with van der Waals surface area (Å²) in [6.45, 7) is 18.4. The average molecular weight is 834 g/mol. The van der Waals surface area contributed by atoms with Crippen molar-refractivity contribution >= 4 is 49.4 Å². The van der Waals surface area contributed by atoms with Gasteiger partial charge in [0.15, 0.2) is 5.78 Å². The number of ketones is 1. The number of carbonyl (C=O) groups is 1. The normalized spacial score (nSPS) is 12.4. The minimum Gasteiger partial charge on any atom is -0.512 e. The minimum atomic E-state index is -0.337. The van der Waals surface area contributed by atoms with Crippen molar-refractivity contribution in [2.24, 2.45) is 10.8 Å². The Bertz CT molecular complexity index is 2130. The molecule has 6 rings (SSSR count). The molecule has 6 heteroatoms. The molecule has 259 valence electrons. The molecule has 0 amide bonds. The molecule has 0 aliphatic heterocycles. The van der Waals surface area contributed by atoms with Crippen molar-refractivity contribution in [3.05, 3.63) is 96.0 Å². The second-order valence-electron chi connectivity index (χ2n) is 13.9. The molecule has 0 unspecified atom stereocenters. The van der Waals surface area contributed by atoms with Crippen LogP contribution in [0.2, 0.25) is 0 Å². The monoisotopic (exact) mass is 834 g/mol. The number of rotatable bonds is 9. The predicted molar refractivity (Wildman–Crippen MR) is 201 cm³/mol. The first kappa shape index (κ1) is 37.9. The number of hydrogen-bond acceptors (Lipinski definition) is 5. The summed E-state index contributed by atoms with van der Waals surface area (Å²) in [4.78, 5) is 22.2. The van der Waals surface area contributed by atoms with Crippen molar-refractivity contribution in [1.29, 1.82) is 0 Å². The van der Waals surface area contributed by atoms with E-state index in [0.717, 1.165) is 81.0 Å². The van der Waals surface area contributed by atoms with Crippen molar-refractivity contribution in [3.63, 3.8) is 0 Å². The zero-order valence-corrected chi connectivity index (χ0v) is 32.7. The summed E-state index contributed by atoms with van der Waals surface area (Å²) in [7, 11) is 0. The number of aliphatic hydroxyl groups excluding tert-OH is 1. The average Bonchev–Trinajstić information content (AvgIpc) is 3.48. The van der Waals surface area contributed by atoms with Crippen LogP contribution in [0, 0.1) is 23.8 Å². The maximum absolute atomic E-state index is 12.2. The number of aryl methyl sites for hydroxylation is 1. The molecule has 6 aromatic rings. The Morgan fingerprint density at radius 2 is 1.51 bits per heavy atom. The topological polar surface area (TPSA) is 76.2 Å². The van der Waals surface area contributed by atoms with E-state index in [4.69, 9.17) is 14.4 Å². The minimum absolute atomic E-state index is 0. The third kappa shape index (κ3) is 7.37. The fourth-order valence-corrected chi connectivity index (χ4v) is 6.04. The van der Waals surface area contributed by atoms with Gasteiger partial charge in [0, 0.05) is 59.4 Å². The number of carbonyl (C=O) groups excluding carboxylic acids is 1. The van der Waals surface area contributed by atoms with E-state index in [1.807, 2.05) is 47.6 Å². The van der Waals surface area contributed by atoms with Crippen molar-refractivity contribution in [3.8, 4) is 11.3 Å². The third-order valence-electron chi connectivity index (χ3n) is 10.6. The molecule has 2 aromatic heterocycles. The smallest absolute Gasteiger partial charge is 0.164 e. The number of fused-ring (bicyclic) bond motifs is 6. The molecule has 0 spiro atoms. The Balaban J connectivity index is 0.000000260. The molecule has 0 fully saturated rings. The molecular formula is C43H49IrN2O3-. The summed E-state index contributed by atoms with van der Waals surface area (Å²) < 4.78 is 6.36. The number of aromatic nitrogens is 2. The first-order valence-corrected chi connectivity index (χ1v) is 17.4. The molecule has 0 aliphatic carbocycles. The van der Waals surface area contributed by atoms with Crippen LogP contribution in [0.1, 0.15) is 98.4 Å². The summed E-state index contributed by atoms with van der Waals surface area (Å²) in [6.07, 6.45) is 4.75. The van der Waals surface area contributed by atoms with Crippen molar-refractivity contribution in [2.45, 2.75) is 93.9 Å². The quantitative estimate of drug-likeness (QED) is 0.0679. The van der Waals surface area contributed by atoms with Crippen LogP contribution in [0.3, 0.4) is 0 Å². The van der Waals surface area contributed by atoms with Gasteiger partial charge in [-0.2, -0.15) is 0 Å². The number of allylic oxidation sites excluding steroid dienone is 2. The van der Waals surface area contributed by atoms with Crippen LogP contribution in [0.5, 0.6) is 0 Å². The Labute approximate surface area is 304 Å². The Morgan fingerprint density at radius 1 is 0.857 bits per heavy atom. The molecule has 0 bridgehead atoms. The van der Waals surface area contributed by atoms with E-state index in [1.165, 1.54) is 17.0 Å². The molecule has 1 radical (unpaired) electrons. The van der Waals surface area contributed by atoms with E-state index in [2.05, 4.69) is 87.5 Å². The Morgan fingerprint density at radius 3 is 2.16 bits per heavy atom. The van der Waals surface area contributed by atoms with Gasteiger partial charge in [0.25, 0.3) is 0 Å².